The standard InChI is InChI=1S/C20H23N5O2S2/c1-13-4-3-9-25(10-13)20-24-18-17(29-20)19(22-12-21-18)28-11-16(26)23-14-5-7-15(27-2)8-6-14/h5-8,12-13H,3-4,9-11H2,1-2H3,(H,23,26)/t13-/m1/s1. The monoisotopic (exact) mass is 429 g/mol. The highest BCUT2D eigenvalue weighted by molar-refractivity contribution is 8.00. The van der Waals surface area contributed by atoms with E-state index in [4.69, 9.17) is 9.72 Å². The van der Waals surface area contributed by atoms with Crippen molar-refractivity contribution in [1.29, 1.82) is 0 Å². The van der Waals surface area contributed by atoms with Gasteiger partial charge in [0.1, 0.15) is 21.8 Å². The van der Waals surface area contributed by atoms with E-state index >= 15 is 0 Å². The molecule has 0 unspecified atom stereocenters. The molecule has 4 rings (SSSR count). The van der Waals surface area contributed by atoms with Gasteiger partial charge in [0.25, 0.3) is 0 Å². The molecule has 0 saturated carbocycles. The number of aromatic nitrogens is 3. The van der Waals surface area contributed by atoms with Gasteiger partial charge in [-0.25, -0.2) is 9.97 Å². The Morgan fingerprint density at radius 1 is 1.34 bits per heavy atom. The van der Waals surface area contributed by atoms with Gasteiger partial charge in [-0.1, -0.05) is 30.0 Å². The Labute approximate surface area is 177 Å². The van der Waals surface area contributed by atoms with Gasteiger partial charge in [-0.05, 0) is 43.0 Å². The summed E-state index contributed by atoms with van der Waals surface area (Å²) < 4.78 is 6.08. The van der Waals surface area contributed by atoms with Crippen LogP contribution in [0.4, 0.5) is 10.8 Å². The van der Waals surface area contributed by atoms with E-state index in [1.54, 1.807) is 18.4 Å². The molecule has 1 fully saturated rings. The number of amides is 1. The summed E-state index contributed by atoms with van der Waals surface area (Å²) in [7, 11) is 1.61. The summed E-state index contributed by atoms with van der Waals surface area (Å²) in [6.07, 6.45) is 3.98. The fraction of sp³-hybridized carbons (Fsp3) is 0.400. The number of rotatable bonds is 6. The van der Waals surface area contributed by atoms with E-state index in [1.807, 2.05) is 24.3 Å². The molecule has 1 aliphatic rings. The van der Waals surface area contributed by atoms with Crippen molar-refractivity contribution in [2.75, 3.05) is 36.2 Å². The Balaban J connectivity index is 1.42. The first-order valence-electron chi connectivity index (χ1n) is 9.55. The van der Waals surface area contributed by atoms with E-state index in [-0.39, 0.29) is 11.7 Å². The second-order valence-electron chi connectivity index (χ2n) is 7.09. The lowest BCUT2D eigenvalue weighted by Crippen LogP contribution is -2.34. The third-order valence-corrected chi connectivity index (χ3v) is 7.02. The van der Waals surface area contributed by atoms with E-state index < -0.39 is 0 Å². The summed E-state index contributed by atoms with van der Waals surface area (Å²) >= 11 is 3.03. The molecule has 3 aromatic rings. The molecule has 1 atom stereocenters. The zero-order valence-electron chi connectivity index (χ0n) is 16.4. The molecule has 152 valence electrons. The minimum atomic E-state index is -0.0819. The molecule has 1 aromatic carbocycles. The summed E-state index contributed by atoms with van der Waals surface area (Å²) in [6, 6.07) is 7.27. The van der Waals surface area contributed by atoms with Crippen LogP contribution in [0.15, 0.2) is 35.6 Å². The number of thioether (sulfide) groups is 1. The molecule has 1 amide bonds. The van der Waals surface area contributed by atoms with E-state index in [1.165, 1.54) is 30.9 Å². The number of anilines is 2. The molecular formula is C20H23N5O2S2. The molecule has 3 heterocycles. The molecule has 29 heavy (non-hydrogen) atoms. The first kappa shape index (κ1) is 19.9. The number of ether oxygens (including phenoxy) is 1. The second-order valence-corrected chi connectivity index (χ2v) is 9.03. The van der Waals surface area contributed by atoms with Gasteiger partial charge in [-0.2, -0.15) is 4.98 Å². The molecule has 1 saturated heterocycles. The van der Waals surface area contributed by atoms with Crippen LogP contribution in [0.5, 0.6) is 5.75 Å². The fourth-order valence-electron chi connectivity index (χ4n) is 3.33. The smallest absolute Gasteiger partial charge is 0.234 e. The molecular weight excluding hydrogens is 406 g/mol. The van der Waals surface area contributed by atoms with Gasteiger partial charge in [0, 0.05) is 18.8 Å². The van der Waals surface area contributed by atoms with Crippen LogP contribution in [0.1, 0.15) is 19.8 Å². The lowest BCUT2D eigenvalue weighted by molar-refractivity contribution is -0.113. The van der Waals surface area contributed by atoms with E-state index in [9.17, 15) is 4.79 Å². The van der Waals surface area contributed by atoms with Gasteiger partial charge in [0.15, 0.2) is 10.8 Å². The Hall–Kier alpha value is -2.39. The maximum atomic E-state index is 12.3. The maximum absolute atomic E-state index is 12.3. The van der Waals surface area contributed by atoms with Crippen LogP contribution in [0.3, 0.4) is 0 Å². The summed E-state index contributed by atoms with van der Waals surface area (Å²) in [5.74, 6) is 1.62. The van der Waals surface area contributed by atoms with E-state index in [0.29, 0.717) is 11.6 Å². The van der Waals surface area contributed by atoms with Crippen molar-refractivity contribution in [3.05, 3.63) is 30.6 Å². The van der Waals surface area contributed by atoms with Crippen molar-refractivity contribution in [3.8, 4) is 5.75 Å². The zero-order valence-corrected chi connectivity index (χ0v) is 18.1. The molecule has 0 spiro atoms. The summed E-state index contributed by atoms with van der Waals surface area (Å²) in [4.78, 5) is 28.1. The van der Waals surface area contributed by atoms with Gasteiger partial charge in [0.05, 0.1) is 12.9 Å². The van der Waals surface area contributed by atoms with Crippen LogP contribution in [-0.2, 0) is 4.79 Å². The fourth-order valence-corrected chi connectivity index (χ4v) is 5.25. The highest BCUT2D eigenvalue weighted by atomic mass is 32.2. The van der Waals surface area contributed by atoms with Crippen LogP contribution in [0.25, 0.3) is 10.3 Å². The van der Waals surface area contributed by atoms with Crippen molar-refractivity contribution >= 4 is 50.2 Å². The average Bonchev–Trinajstić information content (AvgIpc) is 3.18. The molecule has 1 N–H and O–H groups in total. The molecule has 7 nitrogen and oxygen atoms in total. The van der Waals surface area contributed by atoms with E-state index in [0.717, 1.165) is 39.4 Å². The Morgan fingerprint density at radius 3 is 2.93 bits per heavy atom. The number of hydrogen-bond donors (Lipinski definition) is 1. The minimum absolute atomic E-state index is 0.0819. The predicted octanol–water partition coefficient (Wildman–Crippen LogP) is 4.06. The molecule has 2 aromatic heterocycles. The van der Waals surface area contributed by atoms with Gasteiger partial charge >= 0.3 is 0 Å². The van der Waals surface area contributed by atoms with Crippen LogP contribution >= 0.6 is 23.1 Å². The maximum Gasteiger partial charge on any atom is 0.234 e. The highest BCUT2D eigenvalue weighted by Crippen LogP contribution is 2.35. The van der Waals surface area contributed by atoms with Crippen molar-refractivity contribution in [1.82, 2.24) is 15.0 Å². The number of fused-ring (bicyclic) bond motifs is 1. The largest absolute Gasteiger partial charge is 0.497 e. The SMILES string of the molecule is COc1ccc(NC(=O)CSc2ncnc3nc(N4CCC[C@@H](C)C4)sc23)cc1. The Bertz CT molecular complexity index is 992. The quantitative estimate of drug-likeness (QED) is 0.467. The predicted molar refractivity (Wildman–Crippen MR) is 118 cm³/mol. The number of methoxy groups -OCH3 is 1. The summed E-state index contributed by atoms with van der Waals surface area (Å²) in [6.45, 7) is 4.34. The first-order chi connectivity index (χ1) is 14.1. The van der Waals surface area contributed by atoms with Crippen molar-refractivity contribution in [2.24, 2.45) is 5.92 Å². The number of hydrogen-bond acceptors (Lipinski definition) is 8. The van der Waals surface area contributed by atoms with Gasteiger partial charge in [-0.3, -0.25) is 4.79 Å². The van der Waals surface area contributed by atoms with Gasteiger partial charge in [-0.15, -0.1) is 0 Å². The molecule has 1 aliphatic heterocycles. The topological polar surface area (TPSA) is 80.2 Å². The Kier molecular flexibility index (Phi) is 6.15. The van der Waals surface area contributed by atoms with Crippen molar-refractivity contribution < 1.29 is 9.53 Å². The summed E-state index contributed by atoms with van der Waals surface area (Å²) in [5, 5.41) is 4.69. The molecule has 0 radical (unpaired) electrons. The zero-order chi connectivity index (χ0) is 20.2. The number of piperidine rings is 1. The minimum Gasteiger partial charge on any atom is -0.497 e. The normalized spacial score (nSPS) is 16.8. The number of carbonyl (C=O) groups is 1. The highest BCUT2D eigenvalue weighted by Gasteiger charge is 2.21. The Morgan fingerprint density at radius 2 is 2.17 bits per heavy atom. The first-order valence-corrected chi connectivity index (χ1v) is 11.4. The van der Waals surface area contributed by atoms with Crippen LogP contribution < -0.4 is 15.0 Å². The van der Waals surface area contributed by atoms with E-state index in [2.05, 4.69) is 27.1 Å². The van der Waals surface area contributed by atoms with Gasteiger partial charge < -0.3 is 15.0 Å². The average molecular weight is 430 g/mol. The number of nitrogens with one attached hydrogen (secondary N) is 1. The number of nitrogens with zero attached hydrogens (tertiary/aromatic N) is 4. The number of thiazole rings is 1. The van der Waals surface area contributed by atoms with Crippen LogP contribution in [0.2, 0.25) is 0 Å². The second kappa shape index (κ2) is 8.96. The number of benzene rings is 1. The van der Waals surface area contributed by atoms with Crippen LogP contribution in [0, 0.1) is 5.92 Å². The summed E-state index contributed by atoms with van der Waals surface area (Å²) in [5.41, 5.74) is 1.44. The molecule has 0 aliphatic carbocycles. The van der Waals surface area contributed by atoms with Crippen molar-refractivity contribution in [3.63, 3.8) is 0 Å². The molecule has 0 bridgehead atoms. The van der Waals surface area contributed by atoms with Crippen molar-refractivity contribution in [2.45, 2.75) is 24.8 Å². The third-order valence-electron chi connectivity index (χ3n) is 4.79. The third kappa shape index (κ3) is 4.79. The lowest BCUT2D eigenvalue weighted by Gasteiger charge is -2.30. The molecule has 9 heteroatoms. The lowest BCUT2D eigenvalue weighted by atomic mass is 10.0. The van der Waals surface area contributed by atoms with Gasteiger partial charge in [0.2, 0.25) is 5.91 Å². The number of carbonyl (C=O) groups excluding carboxylic acids is 1. The van der Waals surface area contributed by atoms with Crippen LogP contribution in [-0.4, -0.2) is 46.8 Å².